The smallest absolute Gasteiger partial charge is 0.168 e. The molecule has 0 saturated heterocycles. The van der Waals surface area contributed by atoms with E-state index in [1.54, 1.807) is 6.07 Å². The number of rotatable bonds is 5. The van der Waals surface area contributed by atoms with Crippen molar-refractivity contribution in [3.63, 3.8) is 0 Å². The van der Waals surface area contributed by atoms with Gasteiger partial charge in [-0.2, -0.15) is 0 Å². The number of nitrogens with zero attached hydrogens (tertiary/aromatic N) is 2. The molecule has 0 unspecified atom stereocenters. The molecule has 4 nitrogen and oxygen atoms in total. The van der Waals surface area contributed by atoms with Crippen LogP contribution < -0.4 is 5.32 Å². The Balaban J connectivity index is 2.51. The van der Waals surface area contributed by atoms with E-state index >= 15 is 0 Å². The zero-order chi connectivity index (χ0) is 14.5. The first-order valence-electron chi connectivity index (χ1n) is 6.20. The van der Waals surface area contributed by atoms with Crippen molar-refractivity contribution in [2.45, 2.75) is 13.5 Å². The number of benzene rings is 1. The van der Waals surface area contributed by atoms with Crippen molar-refractivity contribution in [3.8, 4) is 11.3 Å². The largest absolute Gasteiger partial charge is 0.377 e. The number of ether oxygens (including phenoxy) is 1. The van der Waals surface area contributed by atoms with E-state index in [9.17, 15) is 8.78 Å². The zero-order valence-corrected chi connectivity index (χ0v) is 11.3. The predicted molar refractivity (Wildman–Crippen MR) is 72.3 cm³/mol. The summed E-state index contributed by atoms with van der Waals surface area (Å²) in [7, 11) is 1.52. The molecule has 6 heteroatoms. The zero-order valence-electron chi connectivity index (χ0n) is 11.3. The molecule has 2 aromatic rings. The Kier molecular flexibility index (Phi) is 4.57. The predicted octanol–water partition coefficient (Wildman–Crippen LogP) is 3.00. The highest BCUT2D eigenvalue weighted by Gasteiger charge is 2.13. The maximum absolute atomic E-state index is 13.8. The number of hydrogen-bond acceptors (Lipinski definition) is 4. The first-order chi connectivity index (χ1) is 9.65. The van der Waals surface area contributed by atoms with E-state index in [2.05, 4.69) is 15.3 Å². The topological polar surface area (TPSA) is 47.0 Å². The minimum atomic E-state index is -0.919. The van der Waals surface area contributed by atoms with Crippen LogP contribution in [-0.2, 0) is 11.3 Å². The highest BCUT2D eigenvalue weighted by Crippen LogP contribution is 2.24. The molecule has 0 fully saturated rings. The van der Waals surface area contributed by atoms with Gasteiger partial charge in [0.15, 0.2) is 17.5 Å². The van der Waals surface area contributed by atoms with Gasteiger partial charge in [-0.05, 0) is 19.1 Å². The van der Waals surface area contributed by atoms with E-state index in [0.717, 1.165) is 6.07 Å². The van der Waals surface area contributed by atoms with Crippen molar-refractivity contribution < 1.29 is 13.5 Å². The number of methoxy groups -OCH3 is 1. The van der Waals surface area contributed by atoms with Crippen molar-refractivity contribution in [2.24, 2.45) is 0 Å². The van der Waals surface area contributed by atoms with Gasteiger partial charge in [0, 0.05) is 25.3 Å². The lowest BCUT2D eigenvalue weighted by Gasteiger charge is -2.09. The number of aromatic nitrogens is 2. The van der Waals surface area contributed by atoms with E-state index < -0.39 is 11.6 Å². The van der Waals surface area contributed by atoms with Gasteiger partial charge in [-0.15, -0.1) is 0 Å². The van der Waals surface area contributed by atoms with Crippen LogP contribution in [0.1, 0.15) is 12.7 Å². The normalized spacial score (nSPS) is 10.6. The molecular weight excluding hydrogens is 264 g/mol. The lowest BCUT2D eigenvalue weighted by atomic mass is 10.1. The van der Waals surface area contributed by atoms with E-state index in [-0.39, 0.29) is 12.2 Å². The Morgan fingerprint density at radius 1 is 1.25 bits per heavy atom. The van der Waals surface area contributed by atoms with Crippen LogP contribution in [0, 0.1) is 11.6 Å². The molecule has 1 N–H and O–H groups in total. The fourth-order valence-corrected chi connectivity index (χ4v) is 1.80. The number of halogens is 2. The number of hydrogen-bond donors (Lipinski definition) is 1. The quantitative estimate of drug-likeness (QED) is 0.914. The van der Waals surface area contributed by atoms with Gasteiger partial charge in [-0.3, -0.25) is 0 Å². The summed E-state index contributed by atoms with van der Waals surface area (Å²) < 4.78 is 32.1. The number of nitrogens with one attached hydrogen (secondary N) is 1. The van der Waals surface area contributed by atoms with Gasteiger partial charge in [0.2, 0.25) is 0 Å². The highest BCUT2D eigenvalue weighted by molar-refractivity contribution is 5.63. The first kappa shape index (κ1) is 14.3. The summed E-state index contributed by atoms with van der Waals surface area (Å²) in [4.78, 5) is 8.42. The molecule has 0 radical (unpaired) electrons. The third kappa shape index (κ3) is 3.08. The SMILES string of the molecule is CCNc1cc(-c2cccc(F)c2F)nc(COC)n1. The summed E-state index contributed by atoms with van der Waals surface area (Å²) in [5.41, 5.74) is 0.420. The summed E-state index contributed by atoms with van der Waals surface area (Å²) in [6, 6.07) is 5.58. The Morgan fingerprint density at radius 2 is 2.05 bits per heavy atom. The molecular formula is C14H15F2N3O. The second-order valence-electron chi connectivity index (χ2n) is 4.12. The van der Waals surface area contributed by atoms with Gasteiger partial charge in [0.25, 0.3) is 0 Å². The molecule has 1 aromatic carbocycles. The molecule has 106 valence electrons. The summed E-state index contributed by atoms with van der Waals surface area (Å²) in [5, 5.41) is 3.03. The van der Waals surface area contributed by atoms with Gasteiger partial charge in [-0.25, -0.2) is 18.7 Å². The molecule has 0 spiro atoms. The maximum Gasteiger partial charge on any atom is 0.168 e. The van der Waals surface area contributed by atoms with Gasteiger partial charge in [-0.1, -0.05) is 6.07 Å². The van der Waals surface area contributed by atoms with Crippen LogP contribution in [-0.4, -0.2) is 23.6 Å². The average molecular weight is 279 g/mol. The molecule has 1 aromatic heterocycles. The van der Waals surface area contributed by atoms with E-state index in [1.807, 2.05) is 6.92 Å². The van der Waals surface area contributed by atoms with Gasteiger partial charge in [0.05, 0.1) is 5.69 Å². The Labute approximate surface area is 115 Å². The van der Waals surface area contributed by atoms with Gasteiger partial charge >= 0.3 is 0 Å². The Bertz CT molecular complexity index is 581. The minimum Gasteiger partial charge on any atom is -0.377 e. The molecule has 0 aliphatic heterocycles. The van der Waals surface area contributed by atoms with Crippen molar-refractivity contribution >= 4 is 5.82 Å². The summed E-state index contributed by atoms with van der Waals surface area (Å²) in [6.45, 7) is 2.78. The lowest BCUT2D eigenvalue weighted by molar-refractivity contribution is 0.178. The van der Waals surface area contributed by atoms with Gasteiger partial charge < -0.3 is 10.1 Å². The summed E-state index contributed by atoms with van der Waals surface area (Å²) >= 11 is 0. The summed E-state index contributed by atoms with van der Waals surface area (Å²) in [5.74, 6) is -0.866. The highest BCUT2D eigenvalue weighted by atomic mass is 19.2. The van der Waals surface area contributed by atoms with Crippen LogP contribution in [0.5, 0.6) is 0 Å². The van der Waals surface area contributed by atoms with Crippen molar-refractivity contribution in [2.75, 3.05) is 19.0 Å². The molecule has 0 aliphatic rings. The molecule has 0 amide bonds. The number of anilines is 1. The van der Waals surface area contributed by atoms with E-state index in [0.29, 0.717) is 23.9 Å². The van der Waals surface area contributed by atoms with Crippen LogP contribution in [0.4, 0.5) is 14.6 Å². The molecule has 1 heterocycles. The van der Waals surface area contributed by atoms with Crippen molar-refractivity contribution in [1.82, 2.24) is 9.97 Å². The van der Waals surface area contributed by atoms with Gasteiger partial charge in [0.1, 0.15) is 12.4 Å². The van der Waals surface area contributed by atoms with Crippen molar-refractivity contribution in [1.29, 1.82) is 0 Å². The van der Waals surface area contributed by atoms with Crippen LogP contribution in [0.25, 0.3) is 11.3 Å². The van der Waals surface area contributed by atoms with E-state index in [4.69, 9.17) is 4.74 Å². The molecule has 0 aliphatic carbocycles. The monoisotopic (exact) mass is 279 g/mol. The Morgan fingerprint density at radius 3 is 2.75 bits per heavy atom. The van der Waals surface area contributed by atoms with Crippen molar-refractivity contribution in [3.05, 3.63) is 41.7 Å². The summed E-state index contributed by atoms with van der Waals surface area (Å²) in [6.07, 6.45) is 0. The third-order valence-electron chi connectivity index (χ3n) is 2.63. The second-order valence-corrected chi connectivity index (χ2v) is 4.12. The van der Waals surface area contributed by atoms with Crippen LogP contribution in [0.3, 0.4) is 0 Å². The maximum atomic E-state index is 13.8. The minimum absolute atomic E-state index is 0.101. The lowest BCUT2D eigenvalue weighted by Crippen LogP contribution is -2.06. The molecule has 2 rings (SSSR count). The fourth-order valence-electron chi connectivity index (χ4n) is 1.80. The standard InChI is InChI=1S/C14H15F2N3O/c1-3-17-12-7-11(18-13(19-12)8-20-2)9-5-4-6-10(15)14(9)16/h4-7H,3,8H2,1-2H3,(H,17,18,19). The third-order valence-corrected chi connectivity index (χ3v) is 2.63. The molecule has 0 atom stereocenters. The second kappa shape index (κ2) is 6.38. The van der Waals surface area contributed by atoms with Crippen LogP contribution >= 0.6 is 0 Å². The van der Waals surface area contributed by atoms with Crippen LogP contribution in [0.2, 0.25) is 0 Å². The molecule has 0 saturated carbocycles. The molecule has 0 bridgehead atoms. The van der Waals surface area contributed by atoms with Crippen LogP contribution in [0.15, 0.2) is 24.3 Å². The first-order valence-corrected chi connectivity index (χ1v) is 6.20. The molecule has 20 heavy (non-hydrogen) atoms. The average Bonchev–Trinajstić information content (AvgIpc) is 2.42. The van der Waals surface area contributed by atoms with E-state index in [1.165, 1.54) is 19.2 Å². The fraction of sp³-hybridized carbons (Fsp3) is 0.286. The Hall–Kier alpha value is -2.08.